The average Bonchev–Trinajstić information content (AvgIpc) is 3.04. The summed E-state index contributed by atoms with van der Waals surface area (Å²) in [5.41, 5.74) is 1.45. The van der Waals surface area contributed by atoms with Crippen molar-refractivity contribution in [3.63, 3.8) is 0 Å². The minimum Gasteiger partial charge on any atom is -0.381 e. The summed E-state index contributed by atoms with van der Waals surface area (Å²) in [6, 6.07) is 0.740. The van der Waals surface area contributed by atoms with Gasteiger partial charge in [0.2, 0.25) is 10.0 Å². The maximum Gasteiger partial charge on any atom is 0.254 e. The summed E-state index contributed by atoms with van der Waals surface area (Å²) in [6.07, 6.45) is 6.46. The number of sulfonamides is 1. The summed E-state index contributed by atoms with van der Waals surface area (Å²) >= 11 is 0. The number of nitrogens with one attached hydrogen (secondary N) is 1. The molecule has 0 saturated carbocycles. The molecule has 0 unspecified atom stereocenters. The molecular weight excluding hydrogens is 394 g/mol. The fourth-order valence-corrected chi connectivity index (χ4v) is 5.18. The highest BCUT2D eigenvalue weighted by atomic mass is 32.2. The normalized spacial score (nSPS) is 20.3. The van der Waals surface area contributed by atoms with Crippen LogP contribution < -0.4 is 5.32 Å². The number of carbonyl (C=O) groups excluding carboxylic acids is 1. The van der Waals surface area contributed by atoms with Crippen molar-refractivity contribution < 1.29 is 17.9 Å². The van der Waals surface area contributed by atoms with E-state index >= 15 is 0 Å². The largest absolute Gasteiger partial charge is 0.381 e. The number of amides is 1. The second kappa shape index (κ2) is 9.55. The summed E-state index contributed by atoms with van der Waals surface area (Å²) in [7, 11) is -1.31. The van der Waals surface area contributed by atoms with Gasteiger partial charge < -0.3 is 10.1 Å². The lowest BCUT2D eigenvalue weighted by molar-refractivity contribution is 0.00747. The molecule has 9 nitrogen and oxygen atoms in total. The predicted octanol–water partition coefficient (Wildman–Crippen LogP) is 0.363. The lowest BCUT2D eigenvalue weighted by Gasteiger charge is -2.43. The number of hydrogen-bond donors (Lipinski definition) is 1. The van der Waals surface area contributed by atoms with Crippen LogP contribution in [0.5, 0.6) is 0 Å². The number of rotatable bonds is 7. The van der Waals surface area contributed by atoms with Crippen LogP contribution in [0.2, 0.25) is 0 Å². The molecule has 0 aliphatic carbocycles. The Morgan fingerprint density at radius 1 is 1.24 bits per heavy atom. The lowest BCUT2D eigenvalue weighted by Crippen LogP contribution is -2.53. The van der Waals surface area contributed by atoms with E-state index in [4.69, 9.17) is 4.74 Å². The first-order valence-electron chi connectivity index (χ1n) is 10.3. The Kier molecular flexibility index (Phi) is 7.31. The van der Waals surface area contributed by atoms with Gasteiger partial charge in [-0.2, -0.15) is 5.10 Å². The Labute approximate surface area is 173 Å². The van der Waals surface area contributed by atoms with Crippen LogP contribution >= 0.6 is 0 Å². The maximum absolute atomic E-state index is 12.5. The summed E-state index contributed by atoms with van der Waals surface area (Å²) in [6.45, 7) is 5.81. The van der Waals surface area contributed by atoms with Crippen LogP contribution in [0.15, 0.2) is 6.20 Å². The molecule has 0 radical (unpaired) electrons. The summed E-state index contributed by atoms with van der Waals surface area (Å²) in [5, 5.41) is 7.16. The van der Waals surface area contributed by atoms with Crippen LogP contribution in [0.1, 0.15) is 41.7 Å². The number of carbonyl (C=O) groups is 1. The monoisotopic (exact) mass is 427 g/mol. The number of aromatic nitrogens is 2. The van der Waals surface area contributed by atoms with Crippen molar-refractivity contribution in [2.75, 3.05) is 45.6 Å². The number of piperidine rings is 1. The zero-order valence-electron chi connectivity index (χ0n) is 17.6. The van der Waals surface area contributed by atoms with E-state index in [0.29, 0.717) is 37.3 Å². The van der Waals surface area contributed by atoms with Crippen molar-refractivity contribution >= 4 is 15.9 Å². The molecule has 2 aliphatic rings. The van der Waals surface area contributed by atoms with Crippen LogP contribution in [-0.2, 0) is 21.8 Å². The van der Waals surface area contributed by atoms with Gasteiger partial charge in [-0.05, 0) is 32.6 Å². The quantitative estimate of drug-likeness (QED) is 0.675. The van der Waals surface area contributed by atoms with Gasteiger partial charge in [0.05, 0.1) is 18.0 Å². The Bertz CT molecular complexity index is 796. The molecule has 29 heavy (non-hydrogen) atoms. The lowest BCUT2D eigenvalue weighted by atomic mass is 9.98. The van der Waals surface area contributed by atoms with E-state index in [1.807, 2.05) is 14.0 Å². The van der Waals surface area contributed by atoms with E-state index in [9.17, 15) is 13.2 Å². The molecule has 2 aliphatic heterocycles. The Hall–Kier alpha value is -1.49. The predicted molar refractivity (Wildman–Crippen MR) is 110 cm³/mol. The second-order valence-electron chi connectivity index (χ2n) is 8.00. The highest BCUT2D eigenvalue weighted by Crippen LogP contribution is 2.24. The van der Waals surface area contributed by atoms with E-state index in [1.165, 1.54) is 6.26 Å². The third-order valence-corrected chi connectivity index (χ3v) is 7.46. The van der Waals surface area contributed by atoms with Crippen molar-refractivity contribution in [2.24, 2.45) is 7.05 Å². The highest BCUT2D eigenvalue weighted by Gasteiger charge is 2.32. The van der Waals surface area contributed by atoms with E-state index in [0.717, 1.165) is 51.1 Å². The van der Waals surface area contributed by atoms with Crippen LogP contribution in [0.4, 0.5) is 0 Å². The van der Waals surface area contributed by atoms with Crippen molar-refractivity contribution in [1.29, 1.82) is 0 Å². The number of hydrogen-bond acceptors (Lipinski definition) is 6. The molecular formula is C19H33N5O4S. The Balaban J connectivity index is 1.59. The second-order valence-corrected chi connectivity index (χ2v) is 9.98. The molecule has 164 valence electrons. The van der Waals surface area contributed by atoms with Crippen molar-refractivity contribution in [2.45, 2.75) is 44.7 Å². The highest BCUT2D eigenvalue weighted by molar-refractivity contribution is 7.88. The van der Waals surface area contributed by atoms with Crippen LogP contribution in [-0.4, -0.2) is 91.0 Å². The van der Waals surface area contributed by atoms with Gasteiger partial charge in [0, 0.05) is 64.2 Å². The van der Waals surface area contributed by atoms with E-state index in [1.54, 1.807) is 15.2 Å². The van der Waals surface area contributed by atoms with E-state index in [2.05, 4.69) is 15.3 Å². The third kappa shape index (κ3) is 5.56. The topological polar surface area (TPSA) is 96.8 Å². The first-order valence-corrected chi connectivity index (χ1v) is 12.2. The number of nitrogens with zero attached hydrogens (tertiary/aromatic N) is 4. The zero-order chi connectivity index (χ0) is 21.0. The van der Waals surface area contributed by atoms with Gasteiger partial charge in [-0.1, -0.05) is 0 Å². The first-order chi connectivity index (χ1) is 13.8. The molecule has 0 bridgehead atoms. The molecule has 2 fully saturated rings. The van der Waals surface area contributed by atoms with E-state index in [-0.39, 0.29) is 5.91 Å². The molecule has 1 amide bonds. The van der Waals surface area contributed by atoms with Crippen molar-refractivity contribution in [3.05, 3.63) is 17.5 Å². The van der Waals surface area contributed by atoms with Crippen LogP contribution in [0.3, 0.4) is 0 Å². The van der Waals surface area contributed by atoms with Crippen LogP contribution in [0.25, 0.3) is 0 Å². The Morgan fingerprint density at radius 2 is 1.86 bits per heavy atom. The Morgan fingerprint density at radius 3 is 2.41 bits per heavy atom. The number of ether oxygens (including phenoxy) is 1. The standard InChI is InChI=1S/C19H33N5O4S/c1-15-18(14-21-22(15)2)19(25)20-8-11-24(17-6-12-28-13-7-17)16-4-9-23(10-5-16)29(3,26)27/h14,16-17H,4-13H2,1-3H3,(H,20,25). The van der Waals surface area contributed by atoms with Crippen molar-refractivity contribution in [1.82, 2.24) is 24.3 Å². The SMILES string of the molecule is Cc1c(C(=O)NCCN(C2CCOCC2)C2CCN(S(C)(=O)=O)CC2)cnn1C. The molecule has 1 N–H and O–H groups in total. The minimum atomic E-state index is -3.13. The maximum atomic E-state index is 12.5. The van der Waals surface area contributed by atoms with Gasteiger partial charge in [-0.25, -0.2) is 12.7 Å². The van der Waals surface area contributed by atoms with Gasteiger partial charge in [0.25, 0.3) is 5.91 Å². The molecule has 2 saturated heterocycles. The summed E-state index contributed by atoms with van der Waals surface area (Å²) in [4.78, 5) is 15.0. The fraction of sp³-hybridized carbons (Fsp3) is 0.789. The minimum absolute atomic E-state index is 0.102. The number of aryl methyl sites for hydroxylation is 1. The van der Waals surface area contributed by atoms with E-state index < -0.39 is 10.0 Å². The van der Waals surface area contributed by atoms with Crippen molar-refractivity contribution in [3.8, 4) is 0 Å². The van der Waals surface area contributed by atoms with Gasteiger partial charge in [-0.3, -0.25) is 14.4 Å². The summed E-state index contributed by atoms with van der Waals surface area (Å²) < 4.78 is 32.4. The zero-order valence-corrected chi connectivity index (χ0v) is 18.4. The molecule has 3 heterocycles. The van der Waals surface area contributed by atoms with Gasteiger partial charge in [0.1, 0.15) is 0 Å². The smallest absolute Gasteiger partial charge is 0.254 e. The fourth-order valence-electron chi connectivity index (χ4n) is 4.30. The average molecular weight is 428 g/mol. The molecule has 0 spiro atoms. The molecule has 10 heteroatoms. The van der Waals surface area contributed by atoms with Gasteiger partial charge in [0.15, 0.2) is 0 Å². The summed E-state index contributed by atoms with van der Waals surface area (Å²) in [5.74, 6) is -0.102. The molecule has 0 atom stereocenters. The molecule has 1 aromatic rings. The molecule has 0 aromatic carbocycles. The molecule has 3 rings (SSSR count). The van der Waals surface area contributed by atoms with Gasteiger partial charge >= 0.3 is 0 Å². The van der Waals surface area contributed by atoms with Gasteiger partial charge in [-0.15, -0.1) is 0 Å². The first kappa shape index (κ1) is 22.2. The third-order valence-electron chi connectivity index (χ3n) is 6.16. The molecule has 1 aromatic heterocycles. The van der Waals surface area contributed by atoms with Crippen LogP contribution in [0, 0.1) is 6.92 Å².